The lowest BCUT2D eigenvalue weighted by Crippen LogP contribution is -2.61. The number of carbonyl (C=O) groups excluding carboxylic acids is 2. The van der Waals surface area contributed by atoms with Crippen molar-refractivity contribution in [2.45, 2.75) is 24.1 Å². The average Bonchev–Trinajstić information content (AvgIpc) is 2.64. The zero-order valence-corrected chi connectivity index (χ0v) is 16.6. The summed E-state index contributed by atoms with van der Waals surface area (Å²) in [7, 11) is 1.45. The second-order valence-corrected chi connectivity index (χ2v) is 8.77. The number of non-ortho nitro benzene ring substituents is 1. The van der Waals surface area contributed by atoms with Gasteiger partial charge in [0, 0.05) is 25.0 Å². The van der Waals surface area contributed by atoms with Crippen molar-refractivity contribution in [3.63, 3.8) is 0 Å². The molecular formula is C15H17N3O6S3. The summed E-state index contributed by atoms with van der Waals surface area (Å²) >= 11 is 7.69. The van der Waals surface area contributed by atoms with Gasteiger partial charge < -0.3 is 20.5 Å². The number of nitrogens with one attached hydrogen (secondary N) is 1. The Morgan fingerprint density at radius 3 is 2.67 bits per heavy atom. The van der Waals surface area contributed by atoms with Gasteiger partial charge >= 0.3 is 5.97 Å². The molecule has 1 aromatic carbocycles. The topological polar surface area (TPSA) is 134 Å². The number of ether oxygens (including phenoxy) is 2. The molecule has 1 amide bonds. The minimum Gasteiger partial charge on any atom is -0.460 e. The number of thioether (sulfide) groups is 2. The van der Waals surface area contributed by atoms with Gasteiger partial charge in [0.1, 0.15) is 21.6 Å². The van der Waals surface area contributed by atoms with E-state index in [0.29, 0.717) is 9.09 Å². The second-order valence-electron chi connectivity index (χ2n) is 5.40. The van der Waals surface area contributed by atoms with Gasteiger partial charge in [0.25, 0.3) is 11.6 Å². The number of nitrogens with zero attached hydrogens (tertiary/aromatic N) is 1. The lowest BCUT2D eigenvalue weighted by Gasteiger charge is -2.34. The largest absolute Gasteiger partial charge is 0.460 e. The number of benzene rings is 1. The van der Waals surface area contributed by atoms with E-state index < -0.39 is 23.0 Å². The first kappa shape index (κ1) is 21.6. The van der Waals surface area contributed by atoms with Gasteiger partial charge in [-0.05, 0) is 17.7 Å². The lowest BCUT2D eigenvalue weighted by molar-refractivity contribution is -0.384. The Balaban J connectivity index is 1.69. The van der Waals surface area contributed by atoms with E-state index in [-0.39, 0.29) is 29.3 Å². The van der Waals surface area contributed by atoms with Crippen LogP contribution in [-0.2, 0) is 25.7 Å². The van der Waals surface area contributed by atoms with Crippen molar-refractivity contribution < 1.29 is 24.0 Å². The highest BCUT2D eigenvalue weighted by atomic mass is 32.2. The van der Waals surface area contributed by atoms with Crippen LogP contribution in [0.2, 0.25) is 0 Å². The molecule has 1 saturated heterocycles. The van der Waals surface area contributed by atoms with Crippen molar-refractivity contribution in [1.82, 2.24) is 5.32 Å². The van der Waals surface area contributed by atoms with Crippen molar-refractivity contribution in [2.75, 3.05) is 12.9 Å². The third kappa shape index (κ3) is 6.14. The van der Waals surface area contributed by atoms with Crippen LogP contribution in [0.3, 0.4) is 0 Å². The predicted molar refractivity (Wildman–Crippen MR) is 106 cm³/mol. The quantitative estimate of drug-likeness (QED) is 0.203. The summed E-state index contributed by atoms with van der Waals surface area (Å²) in [5.74, 6) is -0.557. The molecule has 0 radical (unpaired) electrons. The molecule has 0 saturated carbocycles. The van der Waals surface area contributed by atoms with Crippen LogP contribution in [0.25, 0.3) is 0 Å². The third-order valence-corrected chi connectivity index (χ3v) is 6.36. The van der Waals surface area contributed by atoms with Gasteiger partial charge in [-0.15, -0.1) is 11.8 Å². The monoisotopic (exact) mass is 431 g/mol. The minimum atomic E-state index is -0.874. The molecule has 1 aromatic rings. The molecule has 0 aliphatic carbocycles. The predicted octanol–water partition coefficient (Wildman–Crippen LogP) is 1.19. The Hall–Kier alpha value is -1.73. The van der Waals surface area contributed by atoms with Crippen LogP contribution >= 0.6 is 35.7 Å². The number of hydrogen-bond acceptors (Lipinski definition) is 10. The summed E-state index contributed by atoms with van der Waals surface area (Å²) in [5.41, 5.74) is 6.38. The Kier molecular flexibility index (Phi) is 7.98. The first-order valence-corrected chi connectivity index (χ1v) is 9.91. The Labute approximate surface area is 168 Å². The van der Waals surface area contributed by atoms with E-state index >= 15 is 0 Å². The Bertz CT molecular complexity index is 730. The molecule has 1 unspecified atom stereocenters. The number of carbonyl (C=O) groups is 2. The molecule has 1 fully saturated rings. The van der Waals surface area contributed by atoms with Crippen molar-refractivity contribution in [3.05, 3.63) is 39.9 Å². The van der Waals surface area contributed by atoms with E-state index in [1.165, 1.54) is 54.9 Å². The summed E-state index contributed by atoms with van der Waals surface area (Å²) in [6.45, 7) is -0.0297. The molecule has 12 heteroatoms. The van der Waals surface area contributed by atoms with Crippen molar-refractivity contribution in [3.8, 4) is 0 Å². The molecule has 1 aliphatic heterocycles. The molecule has 0 spiro atoms. The first-order valence-electron chi connectivity index (χ1n) is 7.64. The normalized spacial score (nSPS) is 19.6. The van der Waals surface area contributed by atoms with E-state index in [0.717, 1.165) is 0 Å². The van der Waals surface area contributed by atoms with E-state index in [1.54, 1.807) is 0 Å². The number of β-lactam (4-membered cyclic amide) rings is 1. The maximum absolute atomic E-state index is 11.9. The zero-order valence-electron chi connectivity index (χ0n) is 14.2. The number of nitro benzene ring substituents is 1. The minimum absolute atomic E-state index is 0.0297. The highest BCUT2D eigenvalue weighted by Crippen LogP contribution is 2.28. The average molecular weight is 432 g/mol. The van der Waals surface area contributed by atoms with Gasteiger partial charge in [0.2, 0.25) is 0 Å². The van der Waals surface area contributed by atoms with Gasteiger partial charge in [0.15, 0.2) is 6.10 Å². The third-order valence-electron chi connectivity index (χ3n) is 3.51. The fraction of sp³-hybridized carbons (Fsp3) is 0.400. The molecular weight excluding hydrogens is 414 g/mol. The summed E-state index contributed by atoms with van der Waals surface area (Å²) in [4.78, 5) is 33.3. The molecule has 146 valence electrons. The van der Waals surface area contributed by atoms with E-state index in [9.17, 15) is 19.7 Å². The molecule has 3 N–H and O–H groups in total. The Morgan fingerprint density at radius 2 is 2.11 bits per heavy atom. The van der Waals surface area contributed by atoms with Crippen LogP contribution in [0, 0.1) is 10.1 Å². The van der Waals surface area contributed by atoms with E-state index in [1.807, 2.05) is 0 Å². The number of hydrogen-bond donors (Lipinski definition) is 2. The number of nitrogens with two attached hydrogens (primary N) is 1. The van der Waals surface area contributed by atoms with Gasteiger partial charge in [-0.3, -0.25) is 19.7 Å². The van der Waals surface area contributed by atoms with Crippen molar-refractivity contribution >= 4 is 56.8 Å². The van der Waals surface area contributed by atoms with Gasteiger partial charge in [-0.25, -0.2) is 0 Å². The molecule has 2 rings (SSSR count). The van der Waals surface area contributed by atoms with Gasteiger partial charge in [-0.1, -0.05) is 24.0 Å². The lowest BCUT2D eigenvalue weighted by atomic mass is 10.2. The van der Waals surface area contributed by atoms with Crippen molar-refractivity contribution in [1.29, 1.82) is 0 Å². The maximum Gasteiger partial charge on any atom is 0.324 e. The van der Waals surface area contributed by atoms with Crippen LogP contribution in [0.5, 0.6) is 0 Å². The molecule has 0 bridgehead atoms. The fourth-order valence-corrected chi connectivity index (χ4v) is 4.49. The summed E-state index contributed by atoms with van der Waals surface area (Å²) in [6, 6.07) is 4.82. The SMILES string of the molecule is CO[C@H]1C(=O)N[C@@H]1SC(=S)SCC(N)C(=O)OCc1ccc([N+](=O)[O-])cc1. The van der Waals surface area contributed by atoms with Crippen LogP contribution in [0.1, 0.15) is 5.56 Å². The van der Waals surface area contributed by atoms with E-state index in [2.05, 4.69) is 5.32 Å². The van der Waals surface area contributed by atoms with Gasteiger partial charge in [-0.2, -0.15) is 0 Å². The summed E-state index contributed by atoms with van der Waals surface area (Å²) in [5, 5.41) is 13.0. The van der Waals surface area contributed by atoms with Crippen LogP contribution < -0.4 is 11.1 Å². The summed E-state index contributed by atoms with van der Waals surface area (Å²) < 4.78 is 10.7. The summed E-state index contributed by atoms with van der Waals surface area (Å²) in [6.07, 6.45) is -0.533. The highest BCUT2D eigenvalue weighted by Gasteiger charge is 2.40. The van der Waals surface area contributed by atoms with Crippen LogP contribution in [0.4, 0.5) is 5.69 Å². The molecule has 27 heavy (non-hydrogen) atoms. The number of thiocarbonyl (C=S) groups is 1. The van der Waals surface area contributed by atoms with Crippen molar-refractivity contribution in [2.24, 2.45) is 5.73 Å². The zero-order chi connectivity index (χ0) is 20.0. The smallest absolute Gasteiger partial charge is 0.324 e. The van der Waals surface area contributed by atoms with E-state index in [4.69, 9.17) is 27.4 Å². The standard InChI is InChI=1S/C15H17N3O6S3/c1-23-11-12(19)17-13(11)27-15(25)26-7-10(16)14(20)24-6-8-2-4-9(5-3-8)18(21)22/h2-5,10-11,13H,6-7,16H2,1H3,(H,17,19)/t10?,11-,13+/m0/s1. The van der Waals surface area contributed by atoms with Gasteiger partial charge in [0.05, 0.1) is 4.92 Å². The molecule has 1 heterocycles. The van der Waals surface area contributed by atoms with Crippen LogP contribution in [0.15, 0.2) is 24.3 Å². The maximum atomic E-state index is 11.9. The number of esters is 1. The molecule has 3 atom stereocenters. The highest BCUT2D eigenvalue weighted by molar-refractivity contribution is 8.47. The number of methoxy groups -OCH3 is 1. The molecule has 9 nitrogen and oxygen atoms in total. The first-order chi connectivity index (χ1) is 12.8. The number of rotatable bonds is 8. The molecule has 1 aliphatic rings. The number of nitro groups is 1. The number of amides is 1. The fourth-order valence-electron chi connectivity index (χ4n) is 2.00. The second kappa shape index (κ2) is 9.99. The molecule has 0 aromatic heterocycles. The van der Waals surface area contributed by atoms with Crippen LogP contribution in [-0.4, -0.2) is 50.7 Å². The Morgan fingerprint density at radius 1 is 1.44 bits per heavy atom.